The standard InChI is InChI=1S/C16H22N2O/c1-12(2)16(13(3)19)9-14-10-17-18(11-14)15-7-5-4-6-8-15/h4-8,10-13,16,19H,9H2,1-3H3. The molecule has 2 atom stereocenters. The van der Waals surface area contributed by atoms with Gasteiger partial charge in [-0.15, -0.1) is 0 Å². The second-order valence-corrected chi connectivity index (χ2v) is 5.48. The molecule has 0 fully saturated rings. The van der Waals surface area contributed by atoms with E-state index in [0.717, 1.165) is 12.1 Å². The van der Waals surface area contributed by atoms with Crippen molar-refractivity contribution in [3.8, 4) is 5.69 Å². The molecule has 0 saturated heterocycles. The summed E-state index contributed by atoms with van der Waals surface area (Å²) in [4.78, 5) is 0. The van der Waals surface area contributed by atoms with E-state index >= 15 is 0 Å². The van der Waals surface area contributed by atoms with Crippen LogP contribution >= 0.6 is 0 Å². The van der Waals surface area contributed by atoms with Crippen molar-refractivity contribution in [3.05, 3.63) is 48.3 Å². The van der Waals surface area contributed by atoms with Gasteiger partial charge in [0.05, 0.1) is 18.0 Å². The van der Waals surface area contributed by atoms with Gasteiger partial charge in [-0.3, -0.25) is 0 Å². The van der Waals surface area contributed by atoms with E-state index in [4.69, 9.17) is 0 Å². The summed E-state index contributed by atoms with van der Waals surface area (Å²) >= 11 is 0. The molecule has 1 aromatic carbocycles. The Labute approximate surface area is 114 Å². The van der Waals surface area contributed by atoms with Crippen LogP contribution in [0, 0.1) is 11.8 Å². The maximum atomic E-state index is 9.84. The highest BCUT2D eigenvalue weighted by Gasteiger charge is 2.20. The van der Waals surface area contributed by atoms with E-state index in [9.17, 15) is 5.11 Å². The minimum absolute atomic E-state index is 0.272. The van der Waals surface area contributed by atoms with Gasteiger partial charge < -0.3 is 5.11 Å². The summed E-state index contributed by atoms with van der Waals surface area (Å²) in [6.07, 6.45) is 4.51. The molecule has 0 aliphatic heterocycles. The lowest BCUT2D eigenvalue weighted by molar-refractivity contribution is 0.0977. The number of aromatic nitrogens is 2. The van der Waals surface area contributed by atoms with Crippen molar-refractivity contribution in [1.82, 2.24) is 9.78 Å². The highest BCUT2D eigenvalue weighted by atomic mass is 16.3. The van der Waals surface area contributed by atoms with Crippen LogP contribution in [0.5, 0.6) is 0 Å². The van der Waals surface area contributed by atoms with E-state index in [2.05, 4.69) is 18.9 Å². The molecule has 102 valence electrons. The van der Waals surface area contributed by atoms with Gasteiger partial charge in [-0.05, 0) is 42.9 Å². The van der Waals surface area contributed by atoms with Crippen molar-refractivity contribution >= 4 is 0 Å². The average molecular weight is 258 g/mol. The fourth-order valence-corrected chi connectivity index (χ4v) is 2.42. The summed E-state index contributed by atoms with van der Waals surface area (Å²) in [5.74, 6) is 0.730. The van der Waals surface area contributed by atoms with E-state index in [-0.39, 0.29) is 12.0 Å². The number of hydrogen-bond donors (Lipinski definition) is 1. The number of rotatable bonds is 5. The third kappa shape index (κ3) is 3.44. The van der Waals surface area contributed by atoms with Crippen LogP contribution in [0.3, 0.4) is 0 Å². The zero-order chi connectivity index (χ0) is 13.8. The Morgan fingerprint density at radius 2 is 1.84 bits per heavy atom. The van der Waals surface area contributed by atoms with E-state index < -0.39 is 0 Å². The van der Waals surface area contributed by atoms with Crippen molar-refractivity contribution in [2.75, 3.05) is 0 Å². The summed E-state index contributed by atoms with van der Waals surface area (Å²) in [6, 6.07) is 10.1. The molecule has 0 spiro atoms. The second kappa shape index (κ2) is 6.02. The lowest BCUT2D eigenvalue weighted by Gasteiger charge is -2.22. The van der Waals surface area contributed by atoms with Crippen molar-refractivity contribution in [2.45, 2.75) is 33.3 Å². The fraction of sp³-hybridized carbons (Fsp3) is 0.438. The number of aliphatic hydroxyl groups is 1. The number of hydrogen-bond acceptors (Lipinski definition) is 2. The van der Waals surface area contributed by atoms with Gasteiger partial charge in [0.15, 0.2) is 0 Å². The van der Waals surface area contributed by atoms with Crippen LogP contribution in [-0.2, 0) is 6.42 Å². The quantitative estimate of drug-likeness (QED) is 0.895. The lowest BCUT2D eigenvalue weighted by Crippen LogP contribution is -2.24. The number of nitrogens with zero attached hydrogens (tertiary/aromatic N) is 2. The lowest BCUT2D eigenvalue weighted by atomic mass is 9.86. The van der Waals surface area contributed by atoms with Gasteiger partial charge in [-0.1, -0.05) is 32.0 Å². The topological polar surface area (TPSA) is 38.0 Å². The van der Waals surface area contributed by atoms with Crippen molar-refractivity contribution in [2.24, 2.45) is 11.8 Å². The van der Waals surface area contributed by atoms with Crippen molar-refractivity contribution in [1.29, 1.82) is 0 Å². The zero-order valence-electron chi connectivity index (χ0n) is 11.8. The number of aliphatic hydroxyl groups excluding tert-OH is 1. The number of benzene rings is 1. The highest BCUT2D eigenvalue weighted by Crippen LogP contribution is 2.21. The maximum Gasteiger partial charge on any atom is 0.0645 e. The molecule has 2 rings (SSSR count). The zero-order valence-corrected chi connectivity index (χ0v) is 11.8. The SMILES string of the molecule is CC(C)C(Cc1cnn(-c2ccccc2)c1)C(C)O. The Bertz CT molecular complexity index is 494. The third-order valence-electron chi connectivity index (χ3n) is 3.60. The molecule has 3 nitrogen and oxygen atoms in total. The van der Waals surface area contributed by atoms with E-state index in [0.29, 0.717) is 5.92 Å². The molecule has 0 saturated carbocycles. The van der Waals surface area contributed by atoms with Crippen LogP contribution in [0.4, 0.5) is 0 Å². The van der Waals surface area contributed by atoms with Crippen molar-refractivity contribution in [3.63, 3.8) is 0 Å². The minimum atomic E-state index is -0.292. The van der Waals surface area contributed by atoms with Gasteiger partial charge in [0.25, 0.3) is 0 Å². The first-order valence-electron chi connectivity index (χ1n) is 6.85. The molecule has 0 bridgehead atoms. The Kier molecular flexibility index (Phi) is 4.38. The van der Waals surface area contributed by atoms with Gasteiger partial charge >= 0.3 is 0 Å². The molecule has 19 heavy (non-hydrogen) atoms. The molecule has 1 heterocycles. The highest BCUT2D eigenvalue weighted by molar-refractivity contribution is 5.30. The third-order valence-corrected chi connectivity index (χ3v) is 3.60. The van der Waals surface area contributed by atoms with Crippen LogP contribution in [0.25, 0.3) is 5.69 Å². The smallest absolute Gasteiger partial charge is 0.0645 e. The first kappa shape index (κ1) is 13.8. The monoisotopic (exact) mass is 258 g/mol. The van der Waals surface area contributed by atoms with Crippen LogP contribution < -0.4 is 0 Å². The maximum absolute atomic E-state index is 9.84. The predicted octanol–water partition coefficient (Wildman–Crippen LogP) is 3.07. The molecule has 0 aliphatic rings. The van der Waals surface area contributed by atoms with Gasteiger partial charge in [-0.25, -0.2) is 4.68 Å². The fourth-order valence-electron chi connectivity index (χ4n) is 2.42. The summed E-state index contributed by atoms with van der Waals surface area (Å²) in [7, 11) is 0. The molecule has 1 N–H and O–H groups in total. The summed E-state index contributed by atoms with van der Waals surface area (Å²) < 4.78 is 1.88. The Morgan fingerprint density at radius 3 is 2.42 bits per heavy atom. The van der Waals surface area contributed by atoms with E-state index in [1.807, 2.05) is 54.3 Å². The Morgan fingerprint density at radius 1 is 1.16 bits per heavy atom. The van der Waals surface area contributed by atoms with Gasteiger partial charge in [0.2, 0.25) is 0 Å². The minimum Gasteiger partial charge on any atom is -0.393 e. The normalized spacial score (nSPS) is 14.6. The molecule has 0 aliphatic carbocycles. The molecule has 0 amide bonds. The molecule has 2 aromatic rings. The average Bonchev–Trinajstić information content (AvgIpc) is 2.85. The molecule has 2 unspecified atom stereocenters. The Balaban J connectivity index is 2.13. The van der Waals surface area contributed by atoms with Crippen molar-refractivity contribution < 1.29 is 5.11 Å². The summed E-state index contributed by atoms with van der Waals surface area (Å²) in [5.41, 5.74) is 2.23. The summed E-state index contributed by atoms with van der Waals surface area (Å²) in [6.45, 7) is 6.17. The predicted molar refractivity (Wildman–Crippen MR) is 77.3 cm³/mol. The molecular weight excluding hydrogens is 236 g/mol. The van der Waals surface area contributed by atoms with Crippen LogP contribution in [0.2, 0.25) is 0 Å². The second-order valence-electron chi connectivity index (χ2n) is 5.48. The molecule has 0 radical (unpaired) electrons. The first-order chi connectivity index (χ1) is 9.08. The van der Waals surface area contributed by atoms with E-state index in [1.54, 1.807) is 0 Å². The van der Waals surface area contributed by atoms with Crippen LogP contribution in [0.1, 0.15) is 26.3 Å². The van der Waals surface area contributed by atoms with Gasteiger partial charge in [-0.2, -0.15) is 5.10 Å². The molecule has 3 heteroatoms. The summed E-state index contributed by atoms with van der Waals surface area (Å²) in [5, 5.41) is 14.2. The largest absolute Gasteiger partial charge is 0.393 e. The first-order valence-corrected chi connectivity index (χ1v) is 6.85. The van der Waals surface area contributed by atoms with Gasteiger partial charge in [0, 0.05) is 6.20 Å². The van der Waals surface area contributed by atoms with Crippen LogP contribution in [0.15, 0.2) is 42.7 Å². The number of para-hydroxylation sites is 1. The van der Waals surface area contributed by atoms with Crippen LogP contribution in [-0.4, -0.2) is 21.0 Å². The molecular formula is C16H22N2O. The molecule has 1 aromatic heterocycles. The van der Waals surface area contributed by atoms with Gasteiger partial charge in [0.1, 0.15) is 0 Å². The Hall–Kier alpha value is -1.61. The van der Waals surface area contributed by atoms with E-state index in [1.165, 1.54) is 5.56 Å².